The van der Waals surface area contributed by atoms with Crippen molar-refractivity contribution >= 4 is 0 Å². The Balaban J connectivity index is 0.000000640. The van der Waals surface area contributed by atoms with Crippen LogP contribution in [-0.2, 0) is 0 Å². The fourth-order valence-corrected chi connectivity index (χ4v) is 0.679. The number of nitrogens with zero attached hydrogens (tertiary/aromatic N) is 1. The smallest absolute Gasteiger partial charge is 0.0375 e. The zero-order valence-electron chi connectivity index (χ0n) is 5.68. The first-order valence-corrected chi connectivity index (χ1v) is 2.69. The van der Waals surface area contributed by atoms with Gasteiger partial charge in [-0.1, -0.05) is 6.07 Å². The minimum absolute atomic E-state index is 0. The zero-order chi connectivity index (χ0) is 5.98. The summed E-state index contributed by atoms with van der Waals surface area (Å²) in [7, 11) is 0. The first-order valence-electron chi connectivity index (χ1n) is 2.69. The Bertz CT molecular complexity index is 169. The summed E-state index contributed by atoms with van der Waals surface area (Å²) in [5.41, 5.74) is 2.18. The van der Waals surface area contributed by atoms with Crippen LogP contribution in [0.5, 0.6) is 0 Å². The van der Waals surface area contributed by atoms with Crippen LogP contribution in [0.15, 0.2) is 18.2 Å². The second-order valence-electron chi connectivity index (χ2n) is 1.92. The van der Waals surface area contributed by atoms with Crippen LogP contribution in [0.4, 0.5) is 0 Å². The topological polar surface area (TPSA) is 44.4 Å². The van der Waals surface area contributed by atoms with Crippen molar-refractivity contribution in [2.24, 2.45) is 0 Å². The molecule has 0 atom stereocenters. The maximum absolute atomic E-state index is 4.17. The van der Waals surface area contributed by atoms with Crippen molar-refractivity contribution in [3.8, 4) is 0 Å². The number of hydrogen-bond acceptors (Lipinski definition) is 1. The van der Waals surface area contributed by atoms with Crippen LogP contribution >= 0.6 is 0 Å². The van der Waals surface area contributed by atoms with Crippen LogP contribution in [0.2, 0.25) is 0 Å². The summed E-state index contributed by atoms with van der Waals surface area (Å²) >= 11 is 0. The van der Waals surface area contributed by atoms with E-state index in [4.69, 9.17) is 0 Å². The van der Waals surface area contributed by atoms with E-state index < -0.39 is 0 Å². The molecule has 0 radical (unpaired) electrons. The summed E-state index contributed by atoms with van der Waals surface area (Å²) in [5, 5.41) is 0. The van der Waals surface area contributed by atoms with Gasteiger partial charge in [-0.2, -0.15) is 0 Å². The number of aromatic nitrogens is 1. The van der Waals surface area contributed by atoms with E-state index in [1.807, 2.05) is 32.0 Å². The molecule has 0 amide bonds. The minimum Gasteiger partial charge on any atom is -0.412 e. The predicted molar refractivity (Wildman–Crippen MR) is 37.3 cm³/mol. The molecule has 0 aliphatic rings. The van der Waals surface area contributed by atoms with Crippen LogP contribution < -0.4 is 0 Å². The fraction of sp³-hybridized carbons (Fsp3) is 0.286. The molecule has 0 aliphatic heterocycles. The molecule has 1 aromatic rings. The molecular formula is C7H11NO. The molecule has 0 bridgehead atoms. The zero-order valence-corrected chi connectivity index (χ0v) is 5.68. The van der Waals surface area contributed by atoms with Gasteiger partial charge in [-0.25, -0.2) is 0 Å². The largest absolute Gasteiger partial charge is 0.412 e. The maximum Gasteiger partial charge on any atom is 0.0375 e. The molecule has 0 saturated carbocycles. The first-order chi connectivity index (χ1) is 3.79. The van der Waals surface area contributed by atoms with Crippen molar-refractivity contribution in [2.75, 3.05) is 0 Å². The monoisotopic (exact) mass is 125 g/mol. The van der Waals surface area contributed by atoms with Gasteiger partial charge in [0.15, 0.2) is 0 Å². The summed E-state index contributed by atoms with van der Waals surface area (Å²) in [5.74, 6) is 0. The van der Waals surface area contributed by atoms with E-state index in [0.717, 1.165) is 11.4 Å². The average molecular weight is 125 g/mol. The number of pyridine rings is 1. The van der Waals surface area contributed by atoms with Gasteiger partial charge in [-0.05, 0) is 26.0 Å². The molecule has 0 fully saturated rings. The standard InChI is InChI=1S/C7H9N.H2O/c1-6-4-3-5-7(2)8-6;/h3-5H,1-2H3;1H2. The Labute approximate surface area is 54.9 Å². The lowest BCUT2D eigenvalue weighted by atomic mass is 10.3. The van der Waals surface area contributed by atoms with Crippen molar-refractivity contribution in [3.05, 3.63) is 29.6 Å². The quantitative estimate of drug-likeness (QED) is 0.507. The van der Waals surface area contributed by atoms with Crippen molar-refractivity contribution in [1.29, 1.82) is 0 Å². The van der Waals surface area contributed by atoms with Crippen LogP contribution in [0, 0.1) is 13.8 Å². The fourth-order valence-electron chi connectivity index (χ4n) is 0.679. The molecular weight excluding hydrogens is 114 g/mol. The maximum atomic E-state index is 4.17. The van der Waals surface area contributed by atoms with Crippen LogP contribution in [0.3, 0.4) is 0 Å². The highest BCUT2D eigenvalue weighted by Gasteiger charge is 1.82. The van der Waals surface area contributed by atoms with E-state index in [1.165, 1.54) is 0 Å². The third kappa shape index (κ3) is 2.24. The van der Waals surface area contributed by atoms with E-state index in [2.05, 4.69) is 4.98 Å². The molecule has 0 saturated heterocycles. The second-order valence-corrected chi connectivity index (χ2v) is 1.92. The summed E-state index contributed by atoms with van der Waals surface area (Å²) in [6, 6.07) is 6.00. The highest BCUT2D eigenvalue weighted by Crippen LogP contribution is 1.93. The Morgan fingerprint density at radius 2 is 1.56 bits per heavy atom. The number of rotatable bonds is 0. The number of hydrogen-bond donors (Lipinski definition) is 0. The van der Waals surface area contributed by atoms with Crippen LogP contribution in [-0.4, -0.2) is 10.5 Å². The van der Waals surface area contributed by atoms with E-state index in [0.29, 0.717) is 0 Å². The average Bonchev–Trinajstić information content (AvgIpc) is 1.64. The second kappa shape index (κ2) is 3.20. The predicted octanol–water partition coefficient (Wildman–Crippen LogP) is 0.874. The normalized spacial score (nSPS) is 8.22. The van der Waals surface area contributed by atoms with E-state index in [9.17, 15) is 0 Å². The van der Waals surface area contributed by atoms with Gasteiger partial charge in [0.2, 0.25) is 0 Å². The van der Waals surface area contributed by atoms with Crippen LogP contribution in [0.1, 0.15) is 11.4 Å². The van der Waals surface area contributed by atoms with Gasteiger partial charge in [-0.15, -0.1) is 0 Å². The Hall–Kier alpha value is -0.890. The molecule has 0 unspecified atom stereocenters. The third-order valence-electron chi connectivity index (χ3n) is 1.03. The van der Waals surface area contributed by atoms with Gasteiger partial charge in [0, 0.05) is 11.4 Å². The van der Waals surface area contributed by atoms with Gasteiger partial charge in [0.05, 0.1) is 0 Å². The Kier molecular flexibility index (Phi) is 2.88. The third-order valence-corrected chi connectivity index (χ3v) is 1.03. The van der Waals surface area contributed by atoms with E-state index >= 15 is 0 Å². The summed E-state index contributed by atoms with van der Waals surface area (Å²) in [6.07, 6.45) is 0. The van der Waals surface area contributed by atoms with Gasteiger partial charge in [-0.3, -0.25) is 4.98 Å². The molecule has 1 aromatic heterocycles. The lowest BCUT2D eigenvalue weighted by Gasteiger charge is -1.90. The van der Waals surface area contributed by atoms with Crippen molar-refractivity contribution < 1.29 is 5.48 Å². The molecule has 0 spiro atoms. The van der Waals surface area contributed by atoms with Crippen LogP contribution in [0.25, 0.3) is 0 Å². The lowest BCUT2D eigenvalue weighted by molar-refractivity contribution is 0.824. The molecule has 0 aliphatic carbocycles. The lowest BCUT2D eigenvalue weighted by Crippen LogP contribution is -1.81. The molecule has 1 rings (SSSR count). The van der Waals surface area contributed by atoms with Crippen molar-refractivity contribution in [2.45, 2.75) is 13.8 Å². The molecule has 2 heteroatoms. The van der Waals surface area contributed by atoms with Crippen molar-refractivity contribution in [3.63, 3.8) is 0 Å². The van der Waals surface area contributed by atoms with Gasteiger partial charge < -0.3 is 5.48 Å². The number of aryl methyl sites for hydroxylation is 2. The molecule has 2 N–H and O–H groups in total. The summed E-state index contributed by atoms with van der Waals surface area (Å²) in [6.45, 7) is 3.99. The minimum atomic E-state index is 0. The highest BCUT2D eigenvalue weighted by atomic mass is 16.0. The molecule has 0 aromatic carbocycles. The summed E-state index contributed by atoms with van der Waals surface area (Å²) < 4.78 is 0. The Morgan fingerprint density at radius 1 is 1.11 bits per heavy atom. The molecule has 1 heterocycles. The van der Waals surface area contributed by atoms with Gasteiger partial charge >= 0.3 is 0 Å². The van der Waals surface area contributed by atoms with Gasteiger partial charge in [0.1, 0.15) is 0 Å². The van der Waals surface area contributed by atoms with E-state index in [1.54, 1.807) is 0 Å². The Morgan fingerprint density at radius 3 is 1.78 bits per heavy atom. The SMILES string of the molecule is Cc1cccc(C)n1.O. The van der Waals surface area contributed by atoms with E-state index in [-0.39, 0.29) is 5.48 Å². The van der Waals surface area contributed by atoms with Gasteiger partial charge in [0.25, 0.3) is 0 Å². The molecule has 9 heavy (non-hydrogen) atoms. The first kappa shape index (κ1) is 8.11. The summed E-state index contributed by atoms with van der Waals surface area (Å²) in [4.78, 5) is 4.17. The molecule has 50 valence electrons. The van der Waals surface area contributed by atoms with Crippen molar-refractivity contribution in [1.82, 2.24) is 4.98 Å². The highest BCUT2D eigenvalue weighted by molar-refractivity contribution is 5.07. The molecule has 2 nitrogen and oxygen atoms in total.